The van der Waals surface area contributed by atoms with Crippen LogP contribution in [0.5, 0.6) is 0 Å². The second-order valence-corrected chi connectivity index (χ2v) is 3.39. The van der Waals surface area contributed by atoms with Gasteiger partial charge in [-0.1, -0.05) is 30.3 Å². The Bertz CT molecular complexity index is 313. The van der Waals surface area contributed by atoms with E-state index in [-0.39, 0.29) is 6.04 Å². The minimum atomic E-state index is 0.171. The average Bonchev–Trinajstić information content (AvgIpc) is 2.67. The second kappa shape index (κ2) is 3.59. The highest BCUT2D eigenvalue weighted by Crippen LogP contribution is 2.24. The Labute approximate surface area is 78.4 Å². The van der Waals surface area contributed by atoms with Gasteiger partial charge in [0.2, 0.25) is 6.04 Å². The maximum absolute atomic E-state index is 6.94. The Balaban J connectivity index is 2.09. The lowest BCUT2D eigenvalue weighted by molar-refractivity contribution is 0.646. The van der Waals surface area contributed by atoms with E-state index in [0.717, 1.165) is 13.0 Å². The fourth-order valence-electron chi connectivity index (χ4n) is 1.75. The van der Waals surface area contributed by atoms with Crippen molar-refractivity contribution in [3.8, 4) is 0 Å². The Morgan fingerprint density at radius 3 is 2.69 bits per heavy atom. The van der Waals surface area contributed by atoms with Gasteiger partial charge < -0.3 is 10.2 Å². The van der Waals surface area contributed by atoms with Gasteiger partial charge in [0.25, 0.3) is 0 Å². The Morgan fingerprint density at radius 2 is 2.08 bits per heavy atom. The molecule has 13 heavy (non-hydrogen) atoms. The number of nitrogens with zero attached hydrogens (tertiary/aromatic N) is 1. The van der Waals surface area contributed by atoms with Gasteiger partial charge in [-0.2, -0.15) is 0 Å². The first-order valence-corrected chi connectivity index (χ1v) is 4.55. The molecule has 2 atom stereocenters. The fourth-order valence-corrected chi connectivity index (χ4v) is 1.75. The zero-order chi connectivity index (χ0) is 9.10. The predicted octanol–water partition coefficient (Wildman–Crippen LogP) is 2.01. The highest BCUT2D eigenvalue weighted by Gasteiger charge is 2.28. The van der Waals surface area contributed by atoms with Gasteiger partial charge in [0, 0.05) is 12.5 Å². The molecule has 1 fully saturated rings. The summed E-state index contributed by atoms with van der Waals surface area (Å²) in [7, 11) is 0. The average molecular weight is 172 g/mol. The zero-order valence-electron chi connectivity index (χ0n) is 7.40. The van der Waals surface area contributed by atoms with E-state index in [2.05, 4.69) is 22.3 Å². The second-order valence-electron chi connectivity index (χ2n) is 3.39. The number of benzene rings is 1. The van der Waals surface area contributed by atoms with Gasteiger partial charge in [-0.15, -0.1) is 0 Å². The number of rotatable bonds is 1. The van der Waals surface area contributed by atoms with Crippen LogP contribution in [-0.4, -0.2) is 12.6 Å². The van der Waals surface area contributed by atoms with E-state index in [1.165, 1.54) is 5.56 Å². The molecular weight excluding hydrogens is 160 g/mol. The summed E-state index contributed by atoms with van der Waals surface area (Å²) in [5.74, 6) is 0. The quantitative estimate of drug-likeness (QED) is 0.641. The van der Waals surface area contributed by atoms with E-state index >= 15 is 0 Å². The molecule has 0 spiro atoms. The van der Waals surface area contributed by atoms with Crippen molar-refractivity contribution in [1.82, 2.24) is 5.32 Å². The maximum Gasteiger partial charge on any atom is 0.237 e. The summed E-state index contributed by atoms with van der Waals surface area (Å²) < 4.78 is 0. The van der Waals surface area contributed by atoms with Crippen molar-refractivity contribution in [2.75, 3.05) is 6.54 Å². The van der Waals surface area contributed by atoms with Gasteiger partial charge in [0.05, 0.1) is 6.54 Å². The Morgan fingerprint density at radius 1 is 1.31 bits per heavy atom. The van der Waals surface area contributed by atoms with Crippen molar-refractivity contribution in [2.24, 2.45) is 0 Å². The third kappa shape index (κ3) is 1.71. The molecule has 0 saturated carbocycles. The molecule has 0 radical (unpaired) electrons. The van der Waals surface area contributed by atoms with E-state index in [1.807, 2.05) is 18.2 Å². The van der Waals surface area contributed by atoms with Gasteiger partial charge in [-0.25, -0.2) is 6.57 Å². The SMILES string of the molecule is [C-]#[N+][C@H]1CN[C@@H](c2ccccc2)C1. The first-order valence-electron chi connectivity index (χ1n) is 4.55. The number of hydrogen-bond acceptors (Lipinski definition) is 1. The normalized spacial score (nSPS) is 27.0. The van der Waals surface area contributed by atoms with Crippen LogP contribution in [0.1, 0.15) is 18.0 Å². The summed E-state index contributed by atoms with van der Waals surface area (Å²) >= 11 is 0. The van der Waals surface area contributed by atoms with Crippen molar-refractivity contribution in [1.29, 1.82) is 0 Å². The summed E-state index contributed by atoms with van der Waals surface area (Å²) in [6.07, 6.45) is 0.952. The molecule has 1 aromatic carbocycles. The van der Waals surface area contributed by atoms with E-state index < -0.39 is 0 Å². The highest BCUT2D eigenvalue weighted by molar-refractivity contribution is 5.21. The molecule has 1 N–H and O–H groups in total. The lowest BCUT2D eigenvalue weighted by Gasteiger charge is -2.07. The van der Waals surface area contributed by atoms with Crippen LogP contribution in [-0.2, 0) is 0 Å². The standard InChI is InChI=1S/C11H12N2/c1-12-10-7-11(13-8-10)9-5-3-2-4-6-9/h2-6,10-11,13H,7-8H2/t10-,11-/m1/s1. The molecule has 1 saturated heterocycles. The van der Waals surface area contributed by atoms with Gasteiger partial charge >= 0.3 is 0 Å². The first kappa shape index (κ1) is 8.28. The van der Waals surface area contributed by atoms with Gasteiger partial charge in [0.15, 0.2) is 0 Å². The van der Waals surface area contributed by atoms with E-state index in [0.29, 0.717) is 6.04 Å². The summed E-state index contributed by atoms with van der Waals surface area (Å²) in [6.45, 7) is 7.77. The first-order chi connectivity index (χ1) is 6.40. The molecule has 0 aromatic heterocycles. The molecule has 1 aliphatic heterocycles. The van der Waals surface area contributed by atoms with Gasteiger partial charge in [-0.3, -0.25) is 0 Å². The van der Waals surface area contributed by atoms with Crippen LogP contribution in [0.15, 0.2) is 30.3 Å². The molecule has 2 heteroatoms. The van der Waals surface area contributed by atoms with Crippen LogP contribution < -0.4 is 5.32 Å². The lowest BCUT2D eigenvalue weighted by Crippen LogP contribution is -2.13. The predicted molar refractivity (Wildman–Crippen MR) is 52.2 cm³/mol. The van der Waals surface area contributed by atoms with Gasteiger partial charge in [-0.05, 0) is 5.56 Å². The van der Waals surface area contributed by atoms with Crippen LogP contribution in [0.25, 0.3) is 4.85 Å². The lowest BCUT2D eigenvalue weighted by atomic mass is 10.0. The van der Waals surface area contributed by atoms with Crippen LogP contribution >= 0.6 is 0 Å². The van der Waals surface area contributed by atoms with Crippen molar-refractivity contribution in [3.05, 3.63) is 47.3 Å². The van der Waals surface area contributed by atoms with Crippen LogP contribution in [0.4, 0.5) is 0 Å². The molecule has 2 nitrogen and oxygen atoms in total. The summed E-state index contributed by atoms with van der Waals surface area (Å²) in [4.78, 5) is 3.55. The van der Waals surface area contributed by atoms with Gasteiger partial charge in [0.1, 0.15) is 0 Å². The molecule has 0 aliphatic carbocycles. The number of nitrogens with one attached hydrogen (secondary N) is 1. The molecule has 66 valence electrons. The van der Waals surface area contributed by atoms with E-state index in [9.17, 15) is 0 Å². The molecular formula is C11H12N2. The van der Waals surface area contributed by atoms with Crippen molar-refractivity contribution >= 4 is 0 Å². The van der Waals surface area contributed by atoms with Crippen LogP contribution in [0, 0.1) is 6.57 Å². The summed E-state index contributed by atoms with van der Waals surface area (Å²) in [5.41, 5.74) is 1.30. The highest BCUT2D eigenvalue weighted by atomic mass is 15.0. The largest absolute Gasteiger partial charge is 0.312 e. The molecule has 1 aromatic rings. The van der Waals surface area contributed by atoms with Crippen molar-refractivity contribution < 1.29 is 0 Å². The van der Waals surface area contributed by atoms with Crippen LogP contribution in [0.2, 0.25) is 0 Å². The third-order valence-electron chi connectivity index (χ3n) is 2.49. The smallest absolute Gasteiger partial charge is 0.237 e. The van der Waals surface area contributed by atoms with Crippen molar-refractivity contribution in [2.45, 2.75) is 18.5 Å². The third-order valence-corrected chi connectivity index (χ3v) is 2.49. The van der Waals surface area contributed by atoms with E-state index in [4.69, 9.17) is 6.57 Å². The number of hydrogen-bond donors (Lipinski definition) is 1. The fraction of sp³-hybridized carbons (Fsp3) is 0.364. The summed E-state index contributed by atoms with van der Waals surface area (Å²) in [6, 6.07) is 10.9. The van der Waals surface area contributed by atoms with Crippen LogP contribution in [0.3, 0.4) is 0 Å². The Kier molecular flexibility index (Phi) is 2.29. The van der Waals surface area contributed by atoms with Crippen molar-refractivity contribution in [3.63, 3.8) is 0 Å². The molecule has 0 amide bonds. The minimum absolute atomic E-state index is 0.171. The minimum Gasteiger partial charge on any atom is -0.312 e. The molecule has 0 unspecified atom stereocenters. The maximum atomic E-state index is 6.94. The van der Waals surface area contributed by atoms with E-state index in [1.54, 1.807) is 0 Å². The topological polar surface area (TPSA) is 16.4 Å². The molecule has 1 aliphatic rings. The Hall–Kier alpha value is -1.33. The molecule has 0 bridgehead atoms. The zero-order valence-corrected chi connectivity index (χ0v) is 7.40. The molecule has 1 heterocycles. The molecule has 2 rings (SSSR count). The monoisotopic (exact) mass is 172 g/mol. The summed E-state index contributed by atoms with van der Waals surface area (Å²) in [5, 5.41) is 3.36.